The van der Waals surface area contributed by atoms with Gasteiger partial charge in [-0.2, -0.15) is 0 Å². The standard InChI is InChI=1S/C21H20N6O2/c1-23-10-13-2-6-15(7-3-13)17-11-24-19(22)18(25-17)21-27-26-20(29-21)16-8-4-14(12-28)5-9-16/h2-9,11,23,28H,10,12H2,1H3,(H2,22,24). The number of anilines is 1. The van der Waals surface area contributed by atoms with Gasteiger partial charge in [-0.25, -0.2) is 9.97 Å². The van der Waals surface area contributed by atoms with Crippen molar-refractivity contribution >= 4 is 5.82 Å². The van der Waals surface area contributed by atoms with Gasteiger partial charge in [0.05, 0.1) is 18.5 Å². The van der Waals surface area contributed by atoms with Crippen LogP contribution >= 0.6 is 0 Å². The van der Waals surface area contributed by atoms with Gasteiger partial charge < -0.3 is 20.6 Å². The molecule has 2 heterocycles. The molecule has 0 fully saturated rings. The van der Waals surface area contributed by atoms with Crippen molar-refractivity contribution in [2.45, 2.75) is 13.2 Å². The molecule has 4 rings (SSSR count). The highest BCUT2D eigenvalue weighted by atomic mass is 16.4. The Bertz CT molecular complexity index is 1110. The molecule has 2 aromatic heterocycles. The quantitative estimate of drug-likeness (QED) is 0.461. The molecule has 8 heteroatoms. The first-order valence-corrected chi connectivity index (χ1v) is 9.08. The van der Waals surface area contributed by atoms with Crippen LogP contribution in [0.4, 0.5) is 5.82 Å². The van der Waals surface area contributed by atoms with Crippen molar-refractivity contribution in [2.75, 3.05) is 12.8 Å². The Hall–Kier alpha value is -3.62. The SMILES string of the molecule is CNCc1ccc(-c2cnc(N)c(-c3nnc(-c4ccc(CO)cc4)o3)n2)cc1. The fourth-order valence-corrected chi connectivity index (χ4v) is 2.88. The molecule has 0 radical (unpaired) electrons. The number of rotatable bonds is 6. The normalized spacial score (nSPS) is 11.0. The minimum Gasteiger partial charge on any atom is -0.414 e. The Balaban J connectivity index is 1.65. The highest BCUT2D eigenvalue weighted by Gasteiger charge is 2.16. The van der Waals surface area contributed by atoms with Crippen molar-refractivity contribution < 1.29 is 9.52 Å². The summed E-state index contributed by atoms with van der Waals surface area (Å²) >= 11 is 0. The van der Waals surface area contributed by atoms with E-state index in [1.165, 1.54) is 5.56 Å². The van der Waals surface area contributed by atoms with Crippen molar-refractivity contribution in [3.63, 3.8) is 0 Å². The highest BCUT2D eigenvalue weighted by molar-refractivity contribution is 5.68. The van der Waals surface area contributed by atoms with Gasteiger partial charge in [-0.3, -0.25) is 0 Å². The Kier molecular flexibility index (Phi) is 5.28. The molecule has 4 aromatic rings. The van der Waals surface area contributed by atoms with Crippen molar-refractivity contribution in [2.24, 2.45) is 0 Å². The van der Waals surface area contributed by atoms with E-state index in [2.05, 4.69) is 25.5 Å². The van der Waals surface area contributed by atoms with Gasteiger partial charge in [-0.15, -0.1) is 10.2 Å². The van der Waals surface area contributed by atoms with Crippen LogP contribution in [-0.4, -0.2) is 32.3 Å². The van der Waals surface area contributed by atoms with Crippen LogP contribution in [0.3, 0.4) is 0 Å². The van der Waals surface area contributed by atoms with Crippen molar-refractivity contribution in [1.29, 1.82) is 0 Å². The third-order valence-electron chi connectivity index (χ3n) is 4.44. The summed E-state index contributed by atoms with van der Waals surface area (Å²) in [7, 11) is 1.91. The van der Waals surface area contributed by atoms with Crippen molar-refractivity contribution in [3.8, 4) is 34.3 Å². The van der Waals surface area contributed by atoms with Crippen LogP contribution in [0.15, 0.2) is 59.1 Å². The number of aliphatic hydroxyl groups is 1. The van der Waals surface area contributed by atoms with E-state index in [4.69, 9.17) is 15.3 Å². The lowest BCUT2D eigenvalue weighted by Gasteiger charge is -2.06. The molecule has 0 aliphatic rings. The molecule has 0 aliphatic heterocycles. The maximum atomic E-state index is 9.16. The predicted molar refractivity (Wildman–Crippen MR) is 109 cm³/mol. The van der Waals surface area contributed by atoms with E-state index in [1.54, 1.807) is 30.5 Å². The van der Waals surface area contributed by atoms with E-state index in [1.807, 2.05) is 31.3 Å². The van der Waals surface area contributed by atoms with Crippen LogP contribution < -0.4 is 11.1 Å². The summed E-state index contributed by atoms with van der Waals surface area (Å²) in [6.07, 6.45) is 1.62. The summed E-state index contributed by atoms with van der Waals surface area (Å²) in [6, 6.07) is 15.2. The first-order chi connectivity index (χ1) is 14.2. The van der Waals surface area contributed by atoms with E-state index < -0.39 is 0 Å². The van der Waals surface area contributed by atoms with Gasteiger partial charge in [0.15, 0.2) is 11.5 Å². The predicted octanol–water partition coefficient (Wildman–Crippen LogP) is 2.65. The molecule has 146 valence electrons. The van der Waals surface area contributed by atoms with E-state index in [0.717, 1.165) is 23.2 Å². The molecular weight excluding hydrogens is 368 g/mol. The van der Waals surface area contributed by atoms with Crippen LogP contribution in [0.2, 0.25) is 0 Å². The molecule has 0 unspecified atom stereocenters. The number of nitrogens with zero attached hydrogens (tertiary/aromatic N) is 4. The van der Waals surface area contributed by atoms with Crippen LogP contribution in [-0.2, 0) is 13.2 Å². The van der Waals surface area contributed by atoms with Gasteiger partial charge in [-0.05, 0) is 30.3 Å². The smallest absolute Gasteiger partial charge is 0.270 e. The van der Waals surface area contributed by atoms with E-state index in [-0.39, 0.29) is 18.3 Å². The molecular formula is C21H20N6O2. The zero-order chi connectivity index (χ0) is 20.2. The number of hydrogen-bond acceptors (Lipinski definition) is 8. The molecule has 0 bridgehead atoms. The molecule has 0 atom stereocenters. The van der Waals surface area contributed by atoms with E-state index in [9.17, 15) is 0 Å². The fourth-order valence-electron chi connectivity index (χ4n) is 2.88. The molecule has 0 aliphatic carbocycles. The van der Waals surface area contributed by atoms with Crippen molar-refractivity contribution in [1.82, 2.24) is 25.5 Å². The molecule has 0 saturated carbocycles. The number of benzene rings is 2. The summed E-state index contributed by atoms with van der Waals surface area (Å²) in [5.74, 6) is 0.754. The zero-order valence-corrected chi connectivity index (χ0v) is 15.8. The Morgan fingerprint density at radius 2 is 1.59 bits per heavy atom. The monoisotopic (exact) mass is 388 g/mol. The Labute approximate surface area is 167 Å². The van der Waals surface area contributed by atoms with Crippen LogP contribution in [0.5, 0.6) is 0 Å². The second-order valence-electron chi connectivity index (χ2n) is 6.48. The molecule has 2 aromatic carbocycles. The van der Waals surface area contributed by atoms with Gasteiger partial charge in [0.2, 0.25) is 5.89 Å². The van der Waals surface area contributed by atoms with Gasteiger partial charge in [0.25, 0.3) is 5.89 Å². The minimum absolute atomic E-state index is 0.0236. The first kappa shape index (κ1) is 18.7. The van der Waals surface area contributed by atoms with Crippen LogP contribution in [0.1, 0.15) is 11.1 Å². The second kappa shape index (κ2) is 8.17. The topological polar surface area (TPSA) is 123 Å². The lowest BCUT2D eigenvalue weighted by Crippen LogP contribution is -2.04. The molecule has 4 N–H and O–H groups in total. The zero-order valence-electron chi connectivity index (χ0n) is 15.8. The number of aromatic nitrogens is 4. The van der Waals surface area contributed by atoms with Gasteiger partial charge in [-0.1, -0.05) is 36.4 Å². The Morgan fingerprint density at radius 3 is 2.28 bits per heavy atom. The summed E-state index contributed by atoms with van der Waals surface area (Å²) in [5.41, 5.74) is 10.6. The lowest BCUT2D eigenvalue weighted by molar-refractivity contribution is 0.282. The van der Waals surface area contributed by atoms with Gasteiger partial charge in [0.1, 0.15) is 0 Å². The maximum absolute atomic E-state index is 9.16. The van der Waals surface area contributed by atoms with Crippen LogP contribution in [0, 0.1) is 0 Å². The third kappa shape index (κ3) is 3.98. The summed E-state index contributed by atoms with van der Waals surface area (Å²) in [6.45, 7) is 0.771. The fraction of sp³-hybridized carbons (Fsp3) is 0.143. The average molecular weight is 388 g/mol. The van der Waals surface area contributed by atoms with E-state index >= 15 is 0 Å². The highest BCUT2D eigenvalue weighted by Crippen LogP contribution is 2.28. The molecule has 0 saturated heterocycles. The van der Waals surface area contributed by atoms with Gasteiger partial charge >= 0.3 is 0 Å². The number of nitrogen functional groups attached to an aromatic ring is 1. The first-order valence-electron chi connectivity index (χ1n) is 9.08. The number of aliphatic hydroxyl groups excluding tert-OH is 1. The molecule has 0 amide bonds. The number of nitrogens with two attached hydrogens (primary N) is 1. The molecule has 29 heavy (non-hydrogen) atoms. The summed E-state index contributed by atoms with van der Waals surface area (Å²) < 4.78 is 5.78. The largest absolute Gasteiger partial charge is 0.414 e. The van der Waals surface area contributed by atoms with Crippen molar-refractivity contribution in [3.05, 3.63) is 65.9 Å². The minimum atomic E-state index is -0.0236. The third-order valence-corrected chi connectivity index (χ3v) is 4.44. The maximum Gasteiger partial charge on any atom is 0.270 e. The lowest BCUT2D eigenvalue weighted by atomic mass is 10.1. The van der Waals surface area contributed by atoms with Crippen LogP contribution in [0.25, 0.3) is 34.3 Å². The number of hydrogen-bond donors (Lipinski definition) is 3. The second-order valence-corrected chi connectivity index (χ2v) is 6.48. The summed E-state index contributed by atoms with van der Waals surface area (Å²) in [5, 5.41) is 20.4. The Morgan fingerprint density at radius 1 is 0.931 bits per heavy atom. The van der Waals surface area contributed by atoms with E-state index in [0.29, 0.717) is 17.3 Å². The average Bonchev–Trinajstić information content (AvgIpc) is 3.25. The molecule has 0 spiro atoms. The molecule has 8 nitrogen and oxygen atoms in total. The number of nitrogens with one attached hydrogen (secondary N) is 1. The summed E-state index contributed by atoms with van der Waals surface area (Å²) in [4.78, 5) is 8.83. The van der Waals surface area contributed by atoms with Gasteiger partial charge in [0, 0.05) is 17.7 Å².